The molecule has 1 unspecified atom stereocenters. The first kappa shape index (κ1) is 12.5. The number of aliphatic hydroxyl groups is 1. The fraction of sp³-hybridized carbons (Fsp3) is 0.455. The molecule has 0 aliphatic heterocycles. The van der Waals surface area contributed by atoms with Crippen molar-refractivity contribution < 1.29 is 9.50 Å². The molecular weight excluding hydrogens is 213 g/mol. The highest BCUT2D eigenvalue weighted by atomic mass is 32.2. The van der Waals surface area contributed by atoms with Crippen LogP contribution >= 0.6 is 11.8 Å². The monoisotopic (exact) mass is 229 g/mol. The number of hydrogen-bond acceptors (Lipinski definition) is 3. The van der Waals surface area contributed by atoms with E-state index < -0.39 is 5.54 Å². The van der Waals surface area contributed by atoms with Gasteiger partial charge in [0.1, 0.15) is 5.82 Å². The lowest BCUT2D eigenvalue weighted by Gasteiger charge is -2.20. The number of rotatable bonds is 5. The van der Waals surface area contributed by atoms with Gasteiger partial charge < -0.3 is 10.8 Å². The Morgan fingerprint density at radius 3 is 2.73 bits per heavy atom. The van der Waals surface area contributed by atoms with E-state index in [0.29, 0.717) is 17.1 Å². The van der Waals surface area contributed by atoms with Crippen LogP contribution in [0.3, 0.4) is 0 Å². The Kier molecular flexibility index (Phi) is 4.57. The van der Waals surface area contributed by atoms with Gasteiger partial charge in [-0.25, -0.2) is 4.39 Å². The summed E-state index contributed by atoms with van der Waals surface area (Å²) in [6.07, 6.45) is 0.655. The van der Waals surface area contributed by atoms with Gasteiger partial charge in [-0.15, -0.1) is 11.8 Å². The lowest BCUT2D eigenvalue weighted by molar-refractivity contribution is 0.206. The maximum absolute atomic E-state index is 13.2. The molecule has 1 aromatic rings. The van der Waals surface area contributed by atoms with E-state index >= 15 is 0 Å². The van der Waals surface area contributed by atoms with Gasteiger partial charge in [0.15, 0.2) is 0 Å². The molecule has 0 saturated heterocycles. The average Bonchev–Trinajstić information content (AvgIpc) is 2.21. The van der Waals surface area contributed by atoms with E-state index in [9.17, 15) is 4.39 Å². The standard InChI is InChI=1S/C11H16FNOS/c1-11(13,8-14)6-7-15-10-5-3-2-4-9(10)12/h2-5,14H,6-8,13H2,1H3. The second-order valence-electron chi connectivity index (χ2n) is 3.84. The number of benzene rings is 1. The van der Waals surface area contributed by atoms with E-state index in [1.165, 1.54) is 17.8 Å². The first-order valence-electron chi connectivity index (χ1n) is 4.82. The average molecular weight is 229 g/mol. The summed E-state index contributed by atoms with van der Waals surface area (Å²) >= 11 is 1.42. The van der Waals surface area contributed by atoms with Gasteiger partial charge in [0.25, 0.3) is 0 Å². The molecular formula is C11H16FNOS. The molecule has 1 atom stereocenters. The van der Waals surface area contributed by atoms with Crippen LogP contribution in [0.5, 0.6) is 0 Å². The number of nitrogens with two attached hydrogens (primary N) is 1. The lowest BCUT2D eigenvalue weighted by atomic mass is 10.0. The van der Waals surface area contributed by atoms with E-state index in [2.05, 4.69) is 0 Å². The Morgan fingerprint density at radius 2 is 2.13 bits per heavy atom. The van der Waals surface area contributed by atoms with E-state index in [1.54, 1.807) is 25.1 Å². The summed E-state index contributed by atoms with van der Waals surface area (Å²) in [5, 5.41) is 8.94. The minimum atomic E-state index is -0.571. The molecule has 0 spiro atoms. The van der Waals surface area contributed by atoms with Crippen LogP contribution in [0.1, 0.15) is 13.3 Å². The highest BCUT2D eigenvalue weighted by Crippen LogP contribution is 2.23. The van der Waals surface area contributed by atoms with E-state index in [0.717, 1.165) is 0 Å². The topological polar surface area (TPSA) is 46.2 Å². The van der Waals surface area contributed by atoms with Crippen LogP contribution in [-0.2, 0) is 0 Å². The molecule has 84 valence electrons. The van der Waals surface area contributed by atoms with Crippen LogP contribution in [0.15, 0.2) is 29.2 Å². The summed E-state index contributed by atoms with van der Waals surface area (Å²) in [4.78, 5) is 0.631. The summed E-state index contributed by atoms with van der Waals surface area (Å²) in [6, 6.07) is 6.65. The minimum absolute atomic E-state index is 0.0508. The third kappa shape index (κ3) is 4.20. The predicted molar refractivity (Wildman–Crippen MR) is 61.4 cm³/mol. The summed E-state index contributed by atoms with van der Waals surface area (Å²) in [5.41, 5.74) is 5.19. The van der Waals surface area contributed by atoms with Crippen molar-refractivity contribution in [3.8, 4) is 0 Å². The maximum atomic E-state index is 13.2. The smallest absolute Gasteiger partial charge is 0.136 e. The van der Waals surface area contributed by atoms with Crippen molar-refractivity contribution in [1.29, 1.82) is 0 Å². The Balaban J connectivity index is 2.42. The Bertz CT molecular complexity index is 317. The molecule has 1 rings (SSSR count). The third-order valence-electron chi connectivity index (χ3n) is 2.13. The Morgan fingerprint density at radius 1 is 1.47 bits per heavy atom. The first-order valence-corrected chi connectivity index (χ1v) is 5.81. The summed E-state index contributed by atoms with van der Waals surface area (Å²) in [5.74, 6) is 0.499. The summed E-state index contributed by atoms with van der Waals surface area (Å²) in [6.45, 7) is 1.74. The van der Waals surface area contributed by atoms with Crippen molar-refractivity contribution in [1.82, 2.24) is 0 Å². The molecule has 0 aliphatic carbocycles. The normalized spacial score (nSPS) is 14.9. The van der Waals surface area contributed by atoms with Crippen LogP contribution in [0.2, 0.25) is 0 Å². The van der Waals surface area contributed by atoms with Crippen LogP contribution in [-0.4, -0.2) is 23.0 Å². The van der Waals surface area contributed by atoms with Crippen LogP contribution in [0.4, 0.5) is 4.39 Å². The van der Waals surface area contributed by atoms with Crippen molar-refractivity contribution in [2.45, 2.75) is 23.8 Å². The minimum Gasteiger partial charge on any atom is -0.394 e. The van der Waals surface area contributed by atoms with E-state index in [-0.39, 0.29) is 12.4 Å². The van der Waals surface area contributed by atoms with Crippen molar-refractivity contribution in [3.05, 3.63) is 30.1 Å². The molecule has 0 bridgehead atoms. The molecule has 1 aromatic carbocycles. The summed E-state index contributed by atoms with van der Waals surface area (Å²) in [7, 11) is 0. The van der Waals surface area contributed by atoms with Crippen LogP contribution in [0, 0.1) is 5.82 Å². The van der Waals surface area contributed by atoms with Crippen molar-refractivity contribution in [2.24, 2.45) is 5.73 Å². The Labute approximate surface area is 93.7 Å². The van der Waals surface area contributed by atoms with Crippen molar-refractivity contribution >= 4 is 11.8 Å². The van der Waals surface area contributed by atoms with Gasteiger partial charge in [0.05, 0.1) is 6.61 Å². The molecule has 0 aromatic heterocycles. The molecule has 3 N–H and O–H groups in total. The second kappa shape index (κ2) is 5.49. The fourth-order valence-corrected chi connectivity index (χ4v) is 2.20. The second-order valence-corrected chi connectivity index (χ2v) is 4.98. The first-order chi connectivity index (χ1) is 7.05. The number of aliphatic hydroxyl groups excluding tert-OH is 1. The molecule has 0 amide bonds. The largest absolute Gasteiger partial charge is 0.394 e. The van der Waals surface area contributed by atoms with Gasteiger partial charge in [-0.2, -0.15) is 0 Å². The molecule has 2 nitrogen and oxygen atoms in total. The van der Waals surface area contributed by atoms with Crippen molar-refractivity contribution in [3.63, 3.8) is 0 Å². The van der Waals surface area contributed by atoms with Crippen molar-refractivity contribution in [2.75, 3.05) is 12.4 Å². The van der Waals surface area contributed by atoms with Gasteiger partial charge in [0.2, 0.25) is 0 Å². The zero-order chi connectivity index (χ0) is 11.3. The van der Waals surface area contributed by atoms with Gasteiger partial charge in [-0.1, -0.05) is 12.1 Å². The Hall–Kier alpha value is -0.580. The molecule has 0 aliphatic rings. The van der Waals surface area contributed by atoms with Gasteiger partial charge in [-0.3, -0.25) is 0 Å². The molecule has 0 heterocycles. The molecule has 4 heteroatoms. The molecule has 0 radical (unpaired) electrons. The SMILES string of the molecule is CC(N)(CO)CCSc1ccccc1F. The number of hydrogen-bond donors (Lipinski definition) is 2. The van der Waals surface area contributed by atoms with Crippen LogP contribution < -0.4 is 5.73 Å². The third-order valence-corrected chi connectivity index (χ3v) is 3.18. The summed E-state index contributed by atoms with van der Waals surface area (Å²) < 4.78 is 13.2. The molecule has 0 fully saturated rings. The van der Waals surface area contributed by atoms with E-state index in [1.807, 2.05) is 0 Å². The number of thioether (sulfide) groups is 1. The molecule has 0 saturated carbocycles. The zero-order valence-electron chi connectivity index (χ0n) is 8.74. The van der Waals surface area contributed by atoms with Gasteiger partial charge in [-0.05, 0) is 31.2 Å². The molecule has 15 heavy (non-hydrogen) atoms. The quantitative estimate of drug-likeness (QED) is 0.759. The van der Waals surface area contributed by atoms with Gasteiger partial charge in [0, 0.05) is 10.4 Å². The van der Waals surface area contributed by atoms with Gasteiger partial charge >= 0.3 is 0 Å². The fourth-order valence-electron chi connectivity index (χ4n) is 1.03. The predicted octanol–water partition coefficient (Wildman–Crippen LogP) is 2.02. The van der Waals surface area contributed by atoms with E-state index in [4.69, 9.17) is 10.8 Å². The number of halogens is 1. The highest BCUT2D eigenvalue weighted by Gasteiger charge is 2.16. The van der Waals surface area contributed by atoms with Crippen LogP contribution in [0.25, 0.3) is 0 Å². The maximum Gasteiger partial charge on any atom is 0.136 e. The zero-order valence-corrected chi connectivity index (χ0v) is 9.56. The highest BCUT2D eigenvalue weighted by molar-refractivity contribution is 7.99. The lowest BCUT2D eigenvalue weighted by Crippen LogP contribution is -2.40.